The Hall–Kier alpha value is -1.07. The Balaban J connectivity index is 1.77. The summed E-state index contributed by atoms with van der Waals surface area (Å²) in [5.41, 5.74) is 2.81. The molecule has 0 radical (unpaired) electrons. The summed E-state index contributed by atoms with van der Waals surface area (Å²) in [6, 6.07) is 13.6. The zero-order valence-electron chi connectivity index (χ0n) is 15.5. The van der Waals surface area contributed by atoms with Gasteiger partial charge in [-0.1, -0.05) is 55.2 Å². The van der Waals surface area contributed by atoms with Gasteiger partial charge in [-0.25, -0.2) is 0 Å². The third-order valence-corrected chi connectivity index (χ3v) is 8.75. The van der Waals surface area contributed by atoms with E-state index in [1.165, 1.54) is 0 Å². The van der Waals surface area contributed by atoms with Crippen molar-refractivity contribution < 1.29 is 9.05 Å². The number of nitrogens with one attached hydrogen (secondary N) is 2. The van der Waals surface area contributed by atoms with Crippen LogP contribution in [0.3, 0.4) is 0 Å². The molecule has 148 valence electrons. The highest BCUT2D eigenvalue weighted by Crippen LogP contribution is 2.65. The minimum Gasteiger partial charge on any atom is -0.370 e. The van der Waals surface area contributed by atoms with Gasteiger partial charge in [-0.2, -0.15) is 0 Å². The van der Waals surface area contributed by atoms with E-state index in [9.17, 15) is 0 Å². The third kappa shape index (κ3) is 3.97. The minimum absolute atomic E-state index is 0.0589. The van der Waals surface area contributed by atoms with Gasteiger partial charge in [0.1, 0.15) is 5.78 Å². The fraction of sp³-hybridized carbons (Fsp3) is 0.300. The predicted octanol–water partition coefficient (Wildman–Crippen LogP) is 6.97. The van der Waals surface area contributed by atoms with Crippen LogP contribution in [0.5, 0.6) is 0 Å². The number of fused-ring (bicyclic) bond motifs is 1. The number of benzene rings is 2. The second kappa shape index (κ2) is 7.64. The summed E-state index contributed by atoms with van der Waals surface area (Å²) in [6.45, 7) is 2.68. The van der Waals surface area contributed by atoms with Gasteiger partial charge >= 0.3 is 0 Å². The molecule has 3 aromatic rings. The number of hydrogen-bond acceptors (Lipinski definition) is 4. The zero-order valence-corrected chi connectivity index (χ0v) is 18.8. The van der Waals surface area contributed by atoms with Crippen LogP contribution in [0.4, 0.5) is 5.69 Å². The van der Waals surface area contributed by atoms with Gasteiger partial charge in [-0.15, -0.1) is 0 Å². The summed E-state index contributed by atoms with van der Waals surface area (Å²) in [4.78, 5) is 3.32. The van der Waals surface area contributed by atoms with Crippen LogP contribution in [0, 0.1) is 5.41 Å². The Labute approximate surface area is 179 Å². The predicted molar refractivity (Wildman–Crippen MR) is 121 cm³/mol. The summed E-state index contributed by atoms with van der Waals surface area (Å²) in [7, 11) is 0. The van der Waals surface area contributed by atoms with E-state index in [0.29, 0.717) is 23.3 Å². The first-order valence-electron chi connectivity index (χ1n) is 8.94. The van der Waals surface area contributed by atoms with Gasteiger partial charge in [0.2, 0.25) is 6.49 Å². The number of halogens is 2. The van der Waals surface area contributed by atoms with E-state index in [4.69, 9.17) is 44.1 Å². The van der Waals surface area contributed by atoms with Gasteiger partial charge < -0.3 is 19.3 Å². The van der Waals surface area contributed by atoms with Gasteiger partial charge in [-0.3, -0.25) is 0 Å². The molecule has 1 aliphatic heterocycles. The smallest absolute Gasteiger partial charge is 0.215 e. The molecule has 28 heavy (non-hydrogen) atoms. The van der Waals surface area contributed by atoms with E-state index in [0.717, 1.165) is 22.2 Å². The fourth-order valence-corrected chi connectivity index (χ4v) is 6.55. The van der Waals surface area contributed by atoms with Crippen molar-refractivity contribution in [3.05, 3.63) is 64.3 Å². The Kier molecular flexibility index (Phi) is 5.51. The number of para-hydroxylation sites is 1. The Morgan fingerprint density at radius 1 is 1.11 bits per heavy atom. The normalized spacial score (nSPS) is 19.4. The quantitative estimate of drug-likeness (QED) is 0.417. The zero-order chi connectivity index (χ0) is 19.9. The molecule has 4 rings (SSSR count). The Bertz CT molecular complexity index is 1060. The SMILES string of the molecule is CC1(C)COP(=S)(C(Nc2ccc(Cl)c(Cl)c2)c2c[nH]c3ccccc23)OC1. The first kappa shape index (κ1) is 20.2. The molecule has 1 atom stereocenters. The molecule has 2 heterocycles. The second-order valence-corrected chi connectivity index (χ2v) is 12.2. The van der Waals surface area contributed by atoms with E-state index in [1.807, 2.05) is 30.5 Å². The highest BCUT2D eigenvalue weighted by Gasteiger charge is 2.41. The number of aromatic nitrogens is 1. The number of anilines is 1. The van der Waals surface area contributed by atoms with Crippen LogP contribution in [0.1, 0.15) is 25.2 Å². The standard InChI is InChI=1S/C20H21Cl2N2O2PS/c1-20(2)11-25-27(28,26-12-20)19(24-13-7-8-16(21)17(22)9-13)15-10-23-18-6-4-3-5-14(15)18/h3-10,19,23-24H,11-12H2,1-2H3. The molecule has 0 aliphatic carbocycles. The lowest BCUT2D eigenvalue weighted by Gasteiger charge is -2.40. The molecule has 2 aromatic carbocycles. The average molecular weight is 455 g/mol. The second-order valence-electron chi connectivity index (χ2n) is 7.72. The van der Waals surface area contributed by atoms with E-state index in [-0.39, 0.29) is 11.2 Å². The summed E-state index contributed by atoms with van der Waals surface area (Å²) in [6.07, 6.45) is 1.97. The van der Waals surface area contributed by atoms with Crippen LogP contribution in [0.2, 0.25) is 10.0 Å². The van der Waals surface area contributed by atoms with Crippen molar-refractivity contribution in [1.29, 1.82) is 0 Å². The molecule has 0 bridgehead atoms. The van der Waals surface area contributed by atoms with Crippen molar-refractivity contribution in [2.45, 2.75) is 19.6 Å². The van der Waals surface area contributed by atoms with E-state index in [2.05, 4.69) is 30.2 Å². The van der Waals surface area contributed by atoms with Gasteiger partial charge in [0.25, 0.3) is 0 Å². The fourth-order valence-electron chi connectivity index (χ4n) is 3.15. The first-order chi connectivity index (χ1) is 13.3. The molecule has 0 spiro atoms. The van der Waals surface area contributed by atoms with E-state index in [1.54, 1.807) is 12.1 Å². The van der Waals surface area contributed by atoms with Gasteiger partial charge in [0.05, 0.1) is 23.3 Å². The third-order valence-electron chi connectivity index (χ3n) is 4.73. The average Bonchev–Trinajstić information content (AvgIpc) is 3.09. The molecule has 1 saturated heterocycles. The van der Waals surface area contributed by atoms with Gasteiger partial charge in [0, 0.05) is 33.8 Å². The molecule has 4 nitrogen and oxygen atoms in total. The molecule has 2 N–H and O–H groups in total. The Morgan fingerprint density at radius 2 is 1.82 bits per heavy atom. The van der Waals surface area contributed by atoms with Crippen molar-refractivity contribution >= 4 is 58.1 Å². The Morgan fingerprint density at radius 3 is 2.54 bits per heavy atom. The number of aromatic amines is 1. The molecule has 1 unspecified atom stereocenters. The summed E-state index contributed by atoms with van der Waals surface area (Å²) >= 11 is 18.3. The van der Waals surface area contributed by atoms with Crippen molar-refractivity contribution in [2.75, 3.05) is 18.5 Å². The largest absolute Gasteiger partial charge is 0.370 e. The summed E-state index contributed by atoms with van der Waals surface area (Å²) in [5, 5.41) is 5.58. The molecule has 1 aliphatic rings. The van der Waals surface area contributed by atoms with Crippen molar-refractivity contribution in [3.63, 3.8) is 0 Å². The summed E-state index contributed by atoms with van der Waals surface area (Å²) in [5.74, 6) is -0.327. The van der Waals surface area contributed by atoms with Gasteiger partial charge in [-0.05, 0) is 36.1 Å². The maximum Gasteiger partial charge on any atom is 0.215 e. The van der Waals surface area contributed by atoms with Crippen LogP contribution >= 0.6 is 29.7 Å². The molecule has 0 saturated carbocycles. The van der Waals surface area contributed by atoms with Crippen LogP contribution < -0.4 is 5.32 Å². The monoisotopic (exact) mass is 454 g/mol. The van der Waals surface area contributed by atoms with Crippen LogP contribution in [-0.2, 0) is 20.9 Å². The highest BCUT2D eigenvalue weighted by atomic mass is 35.5. The van der Waals surface area contributed by atoms with Crippen LogP contribution in [0.15, 0.2) is 48.7 Å². The van der Waals surface area contributed by atoms with Crippen LogP contribution in [-0.4, -0.2) is 18.2 Å². The molecule has 1 fully saturated rings. The topological polar surface area (TPSA) is 46.3 Å². The number of rotatable bonds is 4. The summed E-state index contributed by atoms with van der Waals surface area (Å²) < 4.78 is 12.4. The van der Waals surface area contributed by atoms with E-state index >= 15 is 0 Å². The van der Waals surface area contributed by atoms with Gasteiger partial charge in [0.15, 0.2) is 0 Å². The van der Waals surface area contributed by atoms with Crippen molar-refractivity contribution in [1.82, 2.24) is 4.98 Å². The molecular formula is C20H21Cl2N2O2PS. The maximum absolute atomic E-state index is 6.22. The highest BCUT2D eigenvalue weighted by molar-refractivity contribution is 8.10. The molecule has 8 heteroatoms. The minimum atomic E-state index is -2.66. The number of H-pyrrole nitrogens is 1. The van der Waals surface area contributed by atoms with Crippen molar-refractivity contribution in [3.8, 4) is 0 Å². The molecule has 1 aromatic heterocycles. The lowest BCUT2D eigenvalue weighted by molar-refractivity contribution is 0.0579. The van der Waals surface area contributed by atoms with E-state index < -0.39 is 6.49 Å². The maximum atomic E-state index is 6.22. The molecule has 0 amide bonds. The number of hydrogen-bond donors (Lipinski definition) is 2. The van der Waals surface area contributed by atoms with Crippen molar-refractivity contribution in [2.24, 2.45) is 5.41 Å². The lowest BCUT2D eigenvalue weighted by atomic mass is 9.97. The van der Waals surface area contributed by atoms with Crippen LogP contribution in [0.25, 0.3) is 10.9 Å². The first-order valence-corrected chi connectivity index (χ1v) is 12.4. The lowest BCUT2D eigenvalue weighted by Crippen LogP contribution is -2.31. The molecular weight excluding hydrogens is 434 g/mol.